The number of fused-ring (bicyclic) bond motifs is 1. The highest BCUT2D eigenvalue weighted by Gasteiger charge is 2.40. The fraction of sp³-hybridized carbons (Fsp3) is 0.526. The van der Waals surface area contributed by atoms with Crippen molar-refractivity contribution < 1.29 is 14.4 Å². The predicted molar refractivity (Wildman–Crippen MR) is 102 cm³/mol. The van der Waals surface area contributed by atoms with E-state index in [1.54, 1.807) is 18.2 Å². The van der Waals surface area contributed by atoms with Crippen molar-refractivity contribution >= 4 is 30.1 Å². The first-order valence-corrected chi connectivity index (χ1v) is 9.13. The molecule has 1 aliphatic carbocycles. The van der Waals surface area contributed by atoms with Gasteiger partial charge in [-0.2, -0.15) is 0 Å². The normalized spacial score (nSPS) is 17.0. The first kappa shape index (κ1) is 20.4. The third kappa shape index (κ3) is 4.07. The van der Waals surface area contributed by atoms with Gasteiger partial charge in [0.1, 0.15) is 0 Å². The van der Waals surface area contributed by atoms with Gasteiger partial charge in [0, 0.05) is 18.2 Å². The molecule has 0 saturated heterocycles. The van der Waals surface area contributed by atoms with Crippen molar-refractivity contribution in [1.29, 1.82) is 0 Å². The summed E-state index contributed by atoms with van der Waals surface area (Å²) in [6.07, 6.45) is 6.69. The number of nitrogens with one attached hydrogen (secondary N) is 1. The standard InChI is InChI=1S/C19H25N3O3.ClH/c20-10-4-5-11-21-17(23)13-8-9-15-16(12-13)19(25)22(18(15)24)14-6-2-1-3-7-14;/h8-9,12,14H,1-7,10-11,20H2,(H,21,23);1H. The highest BCUT2D eigenvalue weighted by Crippen LogP contribution is 2.31. The number of imide groups is 1. The van der Waals surface area contributed by atoms with Crippen LogP contribution in [0.1, 0.15) is 76.0 Å². The summed E-state index contributed by atoms with van der Waals surface area (Å²) in [4.78, 5) is 39.0. The summed E-state index contributed by atoms with van der Waals surface area (Å²) in [5.74, 6) is -0.706. The molecule has 3 amide bonds. The van der Waals surface area contributed by atoms with Crippen LogP contribution in [-0.4, -0.2) is 41.8 Å². The lowest BCUT2D eigenvalue weighted by Gasteiger charge is -2.29. The molecule has 3 rings (SSSR count). The third-order valence-corrected chi connectivity index (χ3v) is 5.04. The first-order valence-electron chi connectivity index (χ1n) is 9.13. The second-order valence-electron chi connectivity index (χ2n) is 6.78. The molecule has 0 aromatic heterocycles. The zero-order chi connectivity index (χ0) is 17.8. The van der Waals surface area contributed by atoms with Gasteiger partial charge in [0.2, 0.25) is 0 Å². The zero-order valence-corrected chi connectivity index (χ0v) is 15.6. The van der Waals surface area contributed by atoms with Gasteiger partial charge in [-0.1, -0.05) is 19.3 Å². The van der Waals surface area contributed by atoms with Gasteiger partial charge in [-0.05, 0) is 50.4 Å². The van der Waals surface area contributed by atoms with Crippen molar-refractivity contribution in [2.24, 2.45) is 5.73 Å². The lowest BCUT2D eigenvalue weighted by molar-refractivity contribution is 0.0549. The number of unbranched alkanes of at least 4 members (excludes halogenated alkanes) is 1. The number of hydrogen-bond donors (Lipinski definition) is 2. The highest BCUT2D eigenvalue weighted by molar-refractivity contribution is 6.22. The van der Waals surface area contributed by atoms with Gasteiger partial charge in [0.15, 0.2) is 0 Å². The quantitative estimate of drug-likeness (QED) is 0.586. The highest BCUT2D eigenvalue weighted by atomic mass is 35.5. The molecule has 142 valence electrons. The van der Waals surface area contributed by atoms with Crippen LogP contribution < -0.4 is 11.1 Å². The number of hydrogen-bond acceptors (Lipinski definition) is 4. The molecule has 0 unspecified atom stereocenters. The van der Waals surface area contributed by atoms with Crippen LogP contribution in [-0.2, 0) is 0 Å². The number of nitrogens with two attached hydrogens (primary N) is 1. The molecular weight excluding hydrogens is 354 g/mol. The second-order valence-corrected chi connectivity index (χ2v) is 6.78. The molecule has 6 nitrogen and oxygen atoms in total. The van der Waals surface area contributed by atoms with Gasteiger partial charge in [-0.25, -0.2) is 0 Å². The van der Waals surface area contributed by atoms with E-state index in [1.165, 1.54) is 4.90 Å². The molecule has 7 heteroatoms. The fourth-order valence-corrected chi connectivity index (χ4v) is 3.64. The van der Waals surface area contributed by atoms with Crippen LogP contribution in [0.25, 0.3) is 0 Å². The summed E-state index contributed by atoms with van der Waals surface area (Å²) in [6, 6.07) is 4.77. The van der Waals surface area contributed by atoms with Crippen LogP contribution in [0.5, 0.6) is 0 Å². The number of carbonyl (C=O) groups excluding carboxylic acids is 3. The smallest absolute Gasteiger partial charge is 0.261 e. The van der Waals surface area contributed by atoms with Crippen LogP contribution in [0, 0.1) is 0 Å². The van der Waals surface area contributed by atoms with Gasteiger partial charge in [0.25, 0.3) is 17.7 Å². The zero-order valence-electron chi connectivity index (χ0n) is 14.8. The van der Waals surface area contributed by atoms with E-state index in [9.17, 15) is 14.4 Å². The van der Waals surface area contributed by atoms with Crippen LogP contribution in [0.2, 0.25) is 0 Å². The number of rotatable bonds is 6. The molecule has 0 atom stereocenters. The number of benzene rings is 1. The average molecular weight is 380 g/mol. The Labute approximate surface area is 159 Å². The molecule has 0 spiro atoms. The summed E-state index contributed by atoms with van der Waals surface area (Å²) in [5.41, 5.74) is 6.61. The maximum absolute atomic E-state index is 12.7. The van der Waals surface area contributed by atoms with Crippen molar-refractivity contribution in [2.75, 3.05) is 13.1 Å². The maximum Gasteiger partial charge on any atom is 0.261 e. The number of amides is 3. The van der Waals surface area contributed by atoms with E-state index in [-0.39, 0.29) is 36.2 Å². The Hall–Kier alpha value is -1.92. The van der Waals surface area contributed by atoms with Crippen molar-refractivity contribution in [1.82, 2.24) is 10.2 Å². The number of carbonyl (C=O) groups is 3. The third-order valence-electron chi connectivity index (χ3n) is 5.04. The van der Waals surface area contributed by atoms with Crippen molar-refractivity contribution in [3.8, 4) is 0 Å². The van der Waals surface area contributed by atoms with E-state index in [0.29, 0.717) is 29.8 Å². The molecule has 1 aliphatic heterocycles. The molecule has 1 aromatic rings. The topological polar surface area (TPSA) is 92.5 Å². The lowest BCUT2D eigenvalue weighted by Crippen LogP contribution is -2.40. The minimum Gasteiger partial charge on any atom is -0.352 e. The van der Waals surface area contributed by atoms with E-state index in [0.717, 1.165) is 44.9 Å². The van der Waals surface area contributed by atoms with Gasteiger partial charge < -0.3 is 11.1 Å². The second kappa shape index (κ2) is 9.14. The molecule has 0 bridgehead atoms. The summed E-state index contributed by atoms with van der Waals surface area (Å²) in [6.45, 7) is 1.15. The first-order chi connectivity index (χ1) is 12.1. The maximum atomic E-state index is 12.7. The Kier molecular flexibility index (Phi) is 7.17. The largest absolute Gasteiger partial charge is 0.352 e. The summed E-state index contributed by atoms with van der Waals surface area (Å²) < 4.78 is 0. The minimum absolute atomic E-state index is 0. The SMILES string of the molecule is Cl.NCCCCNC(=O)c1ccc2c(c1)C(=O)N(C1CCCCC1)C2=O. The number of nitrogens with zero attached hydrogens (tertiary/aromatic N) is 1. The molecule has 3 N–H and O–H groups in total. The van der Waals surface area contributed by atoms with Crippen LogP contribution in [0.15, 0.2) is 18.2 Å². The fourth-order valence-electron chi connectivity index (χ4n) is 3.64. The molecular formula is C19H26ClN3O3. The molecule has 0 radical (unpaired) electrons. The Morgan fingerprint density at radius 1 is 1.08 bits per heavy atom. The van der Waals surface area contributed by atoms with Gasteiger partial charge >= 0.3 is 0 Å². The Bertz CT molecular complexity index is 687. The summed E-state index contributed by atoms with van der Waals surface area (Å²) >= 11 is 0. The van der Waals surface area contributed by atoms with Crippen molar-refractivity contribution in [2.45, 2.75) is 51.0 Å². The predicted octanol–water partition coefficient (Wildman–Crippen LogP) is 2.51. The molecule has 2 aliphatic rings. The Morgan fingerprint density at radius 3 is 2.46 bits per heavy atom. The lowest BCUT2D eigenvalue weighted by atomic mass is 9.94. The van der Waals surface area contributed by atoms with Crippen molar-refractivity contribution in [3.05, 3.63) is 34.9 Å². The Balaban J connectivity index is 0.00000243. The van der Waals surface area contributed by atoms with Gasteiger partial charge in [0.05, 0.1) is 11.1 Å². The monoisotopic (exact) mass is 379 g/mol. The van der Waals surface area contributed by atoms with E-state index >= 15 is 0 Å². The molecule has 26 heavy (non-hydrogen) atoms. The summed E-state index contributed by atoms with van der Waals surface area (Å²) in [5, 5.41) is 2.82. The van der Waals surface area contributed by atoms with Crippen LogP contribution in [0.4, 0.5) is 0 Å². The Morgan fingerprint density at radius 2 is 1.77 bits per heavy atom. The minimum atomic E-state index is -0.260. The molecule has 1 aromatic carbocycles. The average Bonchev–Trinajstić information content (AvgIpc) is 2.89. The van der Waals surface area contributed by atoms with Gasteiger partial charge in [-0.3, -0.25) is 19.3 Å². The molecule has 1 saturated carbocycles. The van der Waals surface area contributed by atoms with E-state index in [2.05, 4.69) is 5.32 Å². The summed E-state index contributed by atoms with van der Waals surface area (Å²) in [7, 11) is 0. The molecule has 1 heterocycles. The van der Waals surface area contributed by atoms with E-state index < -0.39 is 0 Å². The van der Waals surface area contributed by atoms with E-state index in [1.807, 2.05) is 0 Å². The van der Waals surface area contributed by atoms with Crippen LogP contribution in [0.3, 0.4) is 0 Å². The number of halogens is 1. The van der Waals surface area contributed by atoms with Crippen LogP contribution >= 0.6 is 12.4 Å². The van der Waals surface area contributed by atoms with Crippen molar-refractivity contribution in [3.63, 3.8) is 0 Å². The van der Waals surface area contributed by atoms with E-state index in [4.69, 9.17) is 5.73 Å². The van der Waals surface area contributed by atoms with Gasteiger partial charge in [-0.15, -0.1) is 12.4 Å². The molecule has 1 fully saturated rings.